The Hall–Kier alpha value is -4.69. The van der Waals surface area contributed by atoms with E-state index in [0.717, 1.165) is 11.3 Å². The number of fused-ring (bicyclic) bond motifs is 4. The van der Waals surface area contributed by atoms with Gasteiger partial charge in [-0.05, 0) is 91.7 Å². The van der Waals surface area contributed by atoms with E-state index in [2.05, 4.69) is 4.90 Å². The van der Waals surface area contributed by atoms with Crippen LogP contribution in [0.1, 0.15) is 50.6 Å². The van der Waals surface area contributed by atoms with Gasteiger partial charge < -0.3 is 5.11 Å². The van der Waals surface area contributed by atoms with Gasteiger partial charge in [-0.15, -0.1) is 0 Å². The average molecular weight is 565 g/mol. The van der Waals surface area contributed by atoms with E-state index in [0.29, 0.717) is 35.3 Å². The van der Waals surface area contributed by atoms with Crippen molar-refractivity contribution in [1.29, 1.82) is 0 Å². The molecule has 0 saturated carbocycles. The number of carbonyl (C=O) groups is 3. The standard InChI is InChI=1S/C34H26F2N2O4/c35-23-13-7-20(8-14-23)30-29(31(40)21-11-17-25(39)18-12-21)28-6-3-19-37(28)34(30)26-4-1-2-5-27(26)38(33(34)42)32(41)22-9-15-24(36)16-10-22/h1-2,4-5,7-18,28-30,39H,3,6,19H2/t28-,29+,30-,34+/m0/s1. The second kappa shape index (κ2) is 9.70. The first-order valence-electron chi connectivity index (χ1n) is 13.9. The summed E-state index contributed by atoms with van der Waals surface area (Å²) in [5.41, 5.74) is 0.763. The van der Waals surface area contributed by atoms with E-state index in [-0.39, 0.29) is 23.1 Å². The molecule has 0 aliphatic carbocycles. The van der Waals surface area contributed by atoms with E-state index in [1.165, 1.54) is 48.5 Å². The highest BCUT2D eigenvalue weighted by Crippen LogP contribution is 2.63. The lowest BCUT2D eigenvalue weighted by molar-refractivity contribution is -0.128. The van der Waals surface area contributed by atoms with Crippen LogP contribution in [0.2, 0.25) is 0 Å². The summed E-state index contributed by atoms with van der Waals surface area (Å²) >= 11 is 0. The Morgan fingerprint density at radius 1 is 0.810 bits per heavy atom. The van der Waals surface area contributed by atoms with Crippen LogP contribution in [0, 0.1) is 17.6 Å². The number of anilines is 1. The number of Topliss-reactive ketones (excluding diaryl/α,β-unsaturated/α-hetero) is 1. The largest absolute Gasteiger partial charge is 0.508 e. The second-order valence-electron chi connectivity index (χ2n) is 11.1. The van der Waals surface area contributed by atoms with Crippen molar-refractivity contribution in [3.8, 4) is 5.75 Å². The number of carbonyl (C=O) groups excluding carboxylic acids is 3. The number of para-hydroxylation sites is 1. The monoisotopic (exact) mass is 564 g/mol. The topological polar surface area (TPSA) is 77.9 Å². The van der Waals surface area contributed by atoms with Gasteiger partial charge in [-0.1, -0.05) is 30.3 Å². The van der Waals surface area contributed by atoms with E-state index < -0.39 is 40.8 Å². The van der Waals surface area contributed by atoms with E-state index >= 15 is 0 Å². The SMILES string of the molecule is O=C(c1ccc(O)cc1)[C@@H]1[C@@H]2CCCN2[C@@]2(C(=O)N(C(=O)c3ccc(F)cc3)c3ccccc32)[C@H]1c1ccc(F)cc1. The van der Waals surface area contributed by atoms with Crippen molar-refractivity contribution in [2.45, 2.75) is 30.3 Å². The van der Waals surface area contributed by atoms with Crippen LogP contribution in [-0.2, 0) is 10.3 Å². The van der Waals surface area contributed by atoms with Crippen molar-refractivity contribution >= 4 is 23.3 Å². The van der Waals surface area contributed by atoms with Gasteiger partial charge in [0.25, 0.3) is 11.8 Å². The molecule has 0 bridgehead atoms. The van der Waals surface area contributed by atoms with E-state index in [9.17, 15) is 28.3 Å². The maximum atomic E-state index is 15.0. The molecule has 8 heteroatoms. The summed E-state index contributed by atoms with van der Waals surface area (Å²) in [6.45, 7) is 0.528. The first-order chi connectivity index (χ1) is 20.3. The first kappa shape index (κ1) is 26.2. The van der Waals surface area contributed by atoms with Gasteiger partial charge in [0.15, 0.2) is 5.78 Å². The lowest BCUT2D eigenvalue weighted by atomic mass is 9.68. The summed E-state index contributed by atoms with van der Waals surface area (Å²) in [5.74, 6) is -3.62. The molecule has 3 aliphatic rings. The van der Waals surface area contributed by atoms with Crippen LogP contribution in [0.25, 0.3) is 0 Å². The van der Waals surface area contributed by atoms with Gasteiger partial charge in [0.1, 0.15) is 22.9 Å². The lowest BCUT2D eigenvalue weighted by Crippen LogP contribution is -2.53. The number of rotatable bonds is 4. The highest BCUT2D eigenvalue weighted by Gasteiger charge is 2.70. The molecule has 1 N–H and O–H groups in total. The quantitative estimate of drug-likeness (QED) is 0.250. The van der Waals surface area contributed by atoms with E-state index in [4.69, 9.17) is 0 Å². The fourth-order valence-corrected chi connectivity index (χ4v) is 7.41. The van der Waals surface area contributed by atoms with Gasteiger partial charge >= 0.3 is 0 Å². The van der Waals surface area contributed by atoms with Gasteiger partial charge in [-0.25, -0.2) is 13.7 Å². The molecule has 1 spiro atoms. The number of amides is 2. The van der Waals surface area contributed by atoms with Crippen LogP contribution in [0.3, 0.4) is 0 Å². The Kier molecular flexibility index (Phi) is 6.06. The number of phenolic OH excluding ortho intramolecular Hbond substituents is 1. The fraction of sp³-hybridized carbons (Fsp3) is 0.206. The summed E-state index contributed by atoms with van der Waals surface area (Å²) < 4.78 is 27.9. The highest BCUT2D eigenvalue weighted by molar-refractivity contribution is 6.27. The van der Waals surface area contributed by atoms with Gasteiger partial charge in [0.2, 0.25) is 0 Å². The molecule has 6 nitrogen and oxygen atoms in total. The molecule has 3 aliphatic heterocycles. The predicted molar refractivity (Wildman–Crippen MR) is 151 cm³/mol. The number of imide groups is 1. The number of benzene rings is 4. The number of ketones is 1. The van der Waals surface area contributed by atoms with Crippen LogP contribution in [0.15, 0.2) is 97.1 Å². The zero-order valence-corrected chi connectivity index (χ0v) is 22.4. The Labute approximate surface area is 240 Å². The third-order valence-corrected chi connectivity index (χ3v) is 9.04. The predicted octanol–water partition coefficient (Wildman–Crippen LogP) is 5.81. The van der Waals surface area contributed by atoms with Gasteiger partial charge in [-0.2, -0.15) is 0 Å². The summed E-state index contributed by atoms with van der Waals surface area (Å²) in [4.78, 5) is 46.5. The van der Waals surface area contributed by atoms with Crippen molar-refractivity contribution in [3.63, 3.8) is 0 Å². The zero-order chi connectivity index (χ0) is 29.2. The number of halogens is 2. The number of hydrogen-bond acceptors (Lipinski definition) is 5. The molecular weight excluding hydrogens is 538 g/mol. The summed E-state index contributed by atoms with van der Waals surface area (Å²) in [6, 6.07) is 23.7. The molecule has 210 valence electrons. The summed E-state index contributed by atoms with van der Waals surface area (Å²) in [5, 5.41) is 9.85. The first-order valence-corrected chi connectivity index (χ1v) is 13.9. The summed E-state index contributed by atoms with van der Waals surface area (Å²) in [6.07, 6.45) is 1.42. The smallest absolute Gasteiger partial charge is 0.265 e. The van der Waals surface area contributed by atoms with Crippen molar-refractivity contribution in [3.05, 3.63) is 131 Å². The third kappa shape index (κ3) is 3.68. The maximum absolute atomic E-state index is 15.0. The Balaban J connectivity index is 1.46. The third-order valence-electron chi connectivity index (χ3n) is 9.04. The van der Waals surface area contributed by atoms with E-state index in [1.54, 1.807) is 36.4 Å². The van der Waals surface area contributed by atoms with Gasteiger partial charge in [-0.3, -0.25) is 19.3 Å². The molecule has 0 unspecified atom stereocenters. The van der Waals surface area contributed by atoms with E-state index in [1.807, 2.05) is 12.1 Å². The van der Waals surface area contributed by atoms with Crippen LogP contribution in [-0.4, -0.2) is 40.2 Å². The highest BCUT2D eigenvalue weighted by atomic mass is 19.1. The maximum Gasteiger partial charge on any atom is 0.265 e. The van der Waals surface area contributed by atoms with Gasteiger partial charge in [0, 0.05) is 34.6 Å². The normalized spacial score (nSPS) is 24.7. The second-order valence-corrected chi connectivity index (χ2v) is 11.1. The minimum atomic E-state index is -1.41. The minimum absolute atomic E-state index is 0.0295. The van der Waals surface area contributed by atoms with Crippen molar-refractivity contribution < 1.29 is 28.3 Å². The molecule has 3 heterocycles. The molecule has 2 amide bonds. The molecule has 0 aromatic heterocycles. The zero-order valence-electron chi connectivity index (χ0n) is 22.4. The van der Waals surface area contributed by atoms with Crippen LogP contribution in [0.4, 0.5) is 14.5 Å². The molecular formula is C34H26F2N2O4. The average Bonchev–Trinajstić information content (AvgIpc) is 3.65. The fourth-order valence-electron chi connectivity index (χ4n) is 7.41. The van der Waals surface area contributed by atoms with Crippen molar-refractivity contribution in [1.82, 2.24) is 4.90 Å². The van der Waals surface area contributed by atoms with Crippen molar-refractivity contribution in [2.24, 2.45) is 5.92 Å². The molecule has 2 fully saturated rings. The molecule has 42 heavy (non-hydrogen) atoms. The molecule has 4 aromatic carbocycles. The molecule has 4 atom stereocenters. The number of phenols is 1. The Bertz CT molecular complexity index is 1720. The Morgan fingerprint density at radius 3 is 2.12 bits per heavy atom. The molecule has 4 aromatic rings. The molecule has 0 radical (unpaired) electrons. The number of aromatic hydroxyl groups is 1. The van der Waals surface area contributed by atoms with Crippen LogP contribution < -0.4 is 4.90 Å². The van der Waals surface area contributed by atoms with Crippen LogP contribution in [0.5, 0.6) is 5.75 Å². The summed E-state index contributed by atoms with van der Waals surface area (Å²) in [7, 11) is 0. The van der Waals surface area contributed by atoms with Crippen LogP contribution >= 0.6 is 0 Å². The minimum Gasteiger partial charge on any atom is -0.508 e. The number of hydrogen-bond donors (Lipinski definition) is 1. The Morgan fingerprint density at radius 2 is 1.43 bits per heavy atom. The van der Waals surface area contributed by atoms with Gasteiger partial charge in [0.05, 0.1) is 5.69 Å². The van der Waals surface area contributed by atoms with Crippen molar-refractivity contribution in [2.75, 3.05) is 11.4 Å². The molecule has 2 saturated heterocycles. The number of nitrogens with zero attached hydrogens (tertiary/aromatic N) is 2. The molecule has 7 rings (SSSR count). The lowest BCUT2D eigenvalue weighted by Gasteiger charge is -2.38.